The van der Waals surface area contributed by atoms with Crippen molar-refractivity contribution in [3.05, 3.63) is 0 Å². The highest BCUT2D eigenvalue weighted by Gasteiger charge is 2.39. The van der Waals surface area contributed by atoms with Gasteiger partial charge in [0.2, 0.25) is 0 Å². The Kier molecular flexibility index (Phi) is 7.73. The van der Waals surface area contributed by atoms with Crippen molar-refractivity contribution in [2.45, 2.75) is 50.0 Å². The molecule has 0 aromatic heterocycles. The third kappa shape index (κ3) is 4.79. The molecule has 1 aliphatic heterocycles. The van der Waals surface area contributed by atoms with E-state index in [4.69, 9.17) is 10.2 Å². The number of hydrogen-bond donors (Lipinski definition) is 6. The minimum atomic E-state index is -0.897. The van der Waals surface area contributed by atoms with Crippen LogP contribution in [0.5, 0.6) is 0 Å². The van der Waals surface area contributed by atoms with E-state index < -0.39 is 18.2 Å². The van der Waals surface area contributed by atoms with E-state index in [0.717, 1.165) is 32.2 Å². The van der Waals surface area contributed by atoms with Gasteiger partial charge in [-0.1, -0.05) is 12.8 Å². The summed E-state index contributed by atoms with van der Waals surface area (Å²) in [6.45, 7) is 1.52. The lowest BCUT2D eigenvalue weighted by Gasteiger charge is -2.16. The molecule has 1 saturated heterocycles. The molecule has 0 aromatic rings. The maximum Gasteiger partial charge on any atom is 0.0989 e. The van der Waals surface area contributed by atoms with Gasteiger partial charge in [-0.25, -0.2) is 0 Å². The highest BCUT2D eigenvalue weighted by Crippen LogP contribution is 2.13. The van der Waals surface area contributed by atoms with Crippen LogP contribution in [-0.4, -0.2) is 71.0 Å². The third-order valence-electron chi connectivity index (χ3n) is 3.43. The fourth-order valence-corrected chi connectivity index (χ4v) is 2.26. The first-order valence-corrected chi connectivity index (χ1v) is 6.75. The van der Waals surface area contributed by atoms with Crippen LogP contribution in [0.25, 0.3) is 0 Å². The Morgan fingerprint density at radius 1 is 0.889 bits per heavy atom. The maximum absolute atomic E-state index is 9.74. The molecule has 108 valence electrons. The van der Waals surface area contributed by atoms with Crippen LogP contribution >= 0.6 is 0 Å². The molecule has 1 rings (SSSR count). The summed E-state index contributed by atoms with van der Waals surface area (Å²) in [5.74, 6) is 0. The number of nitrogens with one attached hydrogen (secondary N) is 2. The van der Waals surface area contributed by atoms with E-state index in [1.54, 1.807) is 0 Å². The molecule has 0 aliphatic carbocycles. The SMILES string of the molecule is OCCCCCCNC[C@H]1N[C@H](CO)[C@@H](O)[C@@H]1O. The Bertz CT molecular complexity index is 218. The summed E-state index contributed by atoms with van der Waals surface area (Å²) in [5.41, 5.74) is 0. The predicted molar refractivity (Wildman–Crippen MR) is 68.2 cm³/mol. The van der Waals surface area contributed by atoms with Gasteiger partial charge in [0.05, 0.1) is 24.9 Å². The first-order valence-electron chi connectivity index (χ1n) is 6.75. The van der Waals surface area contributed by atoms with Gasteiger partial charge in [-0.2, -0.15) is 0 Å². The molecule has 1 fully saturated rings. The van der Waals surface area contributed by atoms with Gasteiger partial charge < -0.3 is 31.1 Å². The Morgan fingerprint density at radius 3 is 2.17 bits per heavy atom. The second kappa shape index (κ2) is 8.79. The average molecular weight is 262 g/mol. The Hall–Kier alpha value is -0.240. The zero-order valence-corrected chi connectivity index (χ0v) is 10.8. The summed E-state index contributed by atoms with van der Waals surface area (Å²) in [6.07, 6.45) is 2.28. The Labute approximate surface area is 108 Å². The second-order valence-electron chi connectivity index (χ2n) is 4.89. The van der Waals surface area contributed by atoms with E-state index >= 15 is 0 Å². The number of aliphatic hydroxyl groups is 4. The molecule has 0 bridgehead atoms. The first kappa shape index (κ1) is 15.8. The molecule has 0 spiro atoms. The van der Waals surface area contributed by atoms with Gasteiger partial charge in [-0.3, -0.25) is 0 Å². The summed E-state index contributed by atoms with van der Waals surface area (Å²) in [4.78, 5) is 0. The summed E-state index contributed by atoms with van der Waals surface area (Å²) in [7, 11) is 0. The maximum atomic E-state index is 9.74. The van der Waals surface area contributed by atoms with E-state index in [-0.39, 0.29) is 19.3 Å². The zero-order valence-electron chi connectivity index (χ0n) is 10.8. The minimum absolute atomic E-state index is 0.171. The van der Waals surface area contributed by atoms with Crippen molar-refractivity contribution in [2.24, 2.45) is 0 Å². The molecular formula is C12H26N2O4. The molecule has 4 atom stereocenters. The van der Waals surface area contributed by atoms with Crippen molar-refractivity contribution < 1.29 is 20.4 Å². The second-order valence-corrected chi connectivity index (χ2v) is 4.89. The molecule has 0 aromatic carbocycles. The summed E-state index contributed by atoms with van der Waals surface area (Å²) in [6, 6.07) is -0.647. The molecule has 6 nitrogen and oxygen atoms in total. The molecule has 1 aliphatic rings. The lowest BCUT2D eigenvalue weighted by Crippen LogP contribution is -2.42. The van der Waals surface area contributed by atoms with Crippen LogP contribution < -0.4 is 10.6 Å². The van der Waals surface area contributed by atoms with E-state index in [2.05, 4.69) is 10.6 Å². The van der Waals surface area contributed by atoms with Crippen LogP contribution in [0.3, 0.4) is 0 Å². The van der Waals surface area contributed by atoms with Gasteiger partial charge in [-0.15, -0.1) is 0 Å². The van der Waals surface area contributed by atoms with Crippen LogP contribution in [0.1, 0.15) is 25.7 Å². The highest BCUT2D eigenvalue weighted by molar-refractivity contribution is 4.98. The van der Waals surface area contributed by atoms with Crippen molar-refractivity contribution >= 4 is 0 Å². The Morgan fingerprint density at radius 2 is 1.56 bits per heavy atom. The van der Waals surface area contributed by atoms with Gasteiger partial charge in [-0.05, 0) is 19.4 Å². The molecule has 0 unspecified atom stereocenters. The van der Waals surface area contributed by atoms with Crippen LogP contribution in [0.4, 0.5) is 0 Å². The van der Waals surface area contributed by atoms with Crippen molar-refractivity contribution in [2.75, 3.05) is 26.3 Å². The van der Waals surface area contributed by atoms with Crippen molar-refractivity contribution in [3.63, 3.8) is 0 Å². The molecule has 6 heteroatoms. The number of unbranched alkanes of at least 4 members (excludes halogenated alkanes) is 3. The molecule has 18 heavy (non-hydrogen) atoms. The van der Waals surface area contributed by atoms with E-state index in [1.807, 2.05) is 0 Å². The minimum Gasteiger partial charge on any atom is -0.396 e. The number of aliphatic hydroxyl groups excluding tert-OH is 4. The smallest absolute Gasteiger partial charge is 0.0989 e. The summed E-state index contributed by atoms with van der Waals surface area (Å²) >= 11 is 0. The largest absolute Gasteiger partial charge is 0.396 e. The van der Waals surface area contributed by atoms with E-state index in [1.165, 1.54) is 0 Å². The zero-order chi connectivity index (χ0) is 13.4. The average Bonchev–Trinajstić information content (AvgIpc) is 2.65. The predicted octanol–water partition coefficient (Wildman–Crippen LogP) is -1.82. The molecule has 0 saturated carbocycles. The normalized spacial score (nSPS) is 32.0. The van der Waals surface area contributed by atoms with Crippen LogP contribution in [0.15, 0.2) is 0 Å². The van der Waals surface area contributed by atoms with E-state index in [0.29, 0.717) is 6.54 Å². The molecule has 6 N–H and O–H groups in total. The quantitative estimate of drug-likeness (QED) is 0.274. The van der Waals surface area contributed by atoms with Crippen molar-refractivity contribution in [1.29, 1.82) is 0 Å². The van der Waals surface area contributed by atoms with Crippen molar-refractivity contribution in [3.8, 4) is 0 Å². The molecule has 0 radical (unpaired) electrons. The fourth-order valence-electron chi connectivity index (χ4n) is 2.26. The molecule has 0 amide bonds. The van der Waals surface area contributed by atoms with Gasteiger partial charge in [0.25, 0.3) is 0 Å². The third-order valence-corrected chi connectivity index (χ3v) is 3.43. The number of hydrogen-bond acceptors (Lipinski definition) is 6. The number of rotatable bonds is 9. The van der Waals surface area contributed by atoms with Gasteiger partial charge >= 0.3 is 0 Å². The van der Waals surface area contributed by atoms with Gasteiger partial charge in [0.1, 0.15) is 0 Å². The molecular weight excluding hydrogens is 236 g/mol. The van der Waals surface area contributed by atoms with Crippen molar-refractivity contribution in [1.82, 2.24) is 10.6 Å². The first-order chi connectivity index (χ1) is 8.70. The van der Waals surface area contributed by atoms with Gasteiger partial charge in [0.15, 0.2) is 0 Å². The van der Waals surface area contributed by atoms with E-state index in [9.17, 15) is 10.2 Å². The standard InChI is InChI=1S/C12H26N2O4/c15-6-4-2-1-3-5-13-7-9-11(17)12(18)10(8-16)14-9/h9-18H,1-8H2/t9-,10-,11-,12-/m1/s1. The fraction of sp³-hybridized carbons (Fsp3) is 1.00. The van der Waals surface area contributed by atoms with Gasteiger partial charge in [0, 0.05) is 19.2 Å². The van der Waals surface area contributed by atoms with Crippen LogP contribution in [-0.2, 0) is 0 Å². The van der Waals surface area contributed by atoms with Crippen LogP contribution in [0.2, 0.25) is 0 Å². The lowest BCUT2D eigenvalue weighted by molar-refractivity contribution is 0.0197. The molecule has 1 heterocycles. The Balaban J connectivity index is 2.05. The summed E-state index contributed by atoms with van der Waals surface area (Å²) < 4.78 is 0. The lowest BCUT2D eigenvalue weighted by atomic mass is 10.1. The topological polar surface area (TPSA) is 105 Å². The van der Waals surface area contributed by atoms with Crippen LogP contribution in [0, 0.1) is 0 Å². The highest BCUT2D eigenvalue weighted by atomic mass is 16.3. The monoisotopic (exact) mass is 262 g/mol. The summed E-state index contributed by atoms with van der Waals surface area (Å²) in [5, 5.41) is 43.2.